The van der Waals surface area contributed by atoms with Crippen LogP contribution in [-0.4, -0.2) is 49.4 Å². The van der Waals surface area contributed by atoms with Crippen molar-refractivity contribution in [3.05, 3.63) is 95.1 Å². The molecule has 1 aliphatic heterocycles. The molecular formula is C26H22N2O6. The molecule has 0 fully saturated rings. The first-order chi connectivity index (χ1) is 16.4. The number of benzene rings is 3. The van der Waals surface area contributed by atoms with Crippen LogP contribution in [-0.2, 0) is 16.1 Å². The van der Waals surface area contributed by atoms with Crippen LogP contribution in [0.4, 0.5) is 5.69 Å². The maximum Gasteiger partial charge on any atom is 0.342 e. The highest BCUT2D eigenvalue weighted by Crippen LogP contribution is 2.27. The molecule has 0 unspecified atom stereocenters. The van der Waals surface area contributed by atoms with Crippen LogP contribution in [0.1, 0.15) is 36.6 Å². The molecule has 3 aromatic rings. The van der Waals surface area contributed by atoms with Gasteiger partial charge in [0.15, 0.2) is 6.61 Å². The number of hydrogen-bond acceptors (Lipinski definition) is 6. The summed E-state index contributed by atoms with van der Waals surface area (Å²) in [6.07, 6.45) is 0. The summed E-state index contributed by atoms with van der Waals surface area (Å²) < 4.78 is 10.5. The van der Waals surface area contributed by atoms with Gasteiger partial charge in [-0.05, 0) is 42.0 Å². The minimum atomic E-state index is -0.754. The van der Waals surface area contributed by atoms with Crippen LogP contribution in [0, 0.1) is 0 Å². The van der Waals surface area contributed by atoms with Gasteiger partial charge in [-0.15, -0.1) is 0 Å². The standard InChI is InChI=1S/C26H22N2O6/c1-27(18-8-4-3-5-9-18)23(29)16-34-26(32)21-14-17(12-13-22(21)33-2)15-28-24(30)19-10-6-7-11-20(19)25(28)31/h3-14H,15-16H2,1-2H3. The lowest BCUT2D eigenvalue weighted by atomic mass is 10.1. The maximum atomic E-state index is 12.8. The van der Waals surface area contributed by atoms with Gasteiger partial charge in [0.2, 0.25) is 0 Å². The second-order valence-electron chi connectivity index (χ2n) is 7.64. The largest absolute Gasteiger partial charge is 0.496 e. The molecule has 1 aliphatic rings. The lowest BCUT2D eigenvalue weighted by Gasteiger charge is -2.18. The van der Waals surface area contributed by atoms with Crippen molar-refractivity contribution in [3.8, 4) is 5.75 Å². The number of esters is 1. The van der Waals surface area contributed by atoms with Gasteiger partial charge >= 0.3 is 5.97 Å². The molecule has 0 bridgehead atoms. The molecule has 0 atom stereocenters. The van der Waals surface area contributed by atoms with Gasteiger partial charge in [-0.25, -0.2) is 4.79 Å². The molecule has 0 radical (unpaired) electrons. The van der Waals surface area contributed by atoms with Crippen LogP contribution in [0.25, 0.3) is 0 Å². The van der Waals surface area contributed by atoms with Gasteiger partial charge in [0.05, 0.1) is 24.8 Å². The average molecular weight is 458 g/mol. The van der Waals surface area contributed by atoms with Crippen LogP contribution in [0.3, 0.4) is 0 Å². The highest BCUT2D eigenvalue weighted by Gasteiger charge is 2.35. The number of methoxy groups -OCH3 is 1. The number of hydrogen-bond donors (Lipinski definition) is 0. The molecule has 0 aliphatic carbocycles. The monoisotopic (exact) mass is 458 g/mol. The summed E-state index contributed by atoms with van der Waals surface area (Å²) >= 11 is 0. The molecule has 8 heteroatoms. The number of imide groups is 1. The van der Waals surface area contributed by atoms with Crippen LogP contribution < -0.4 is 9.64 Å². The third-order valence-corrected chi connectivity index (χ3v) is 5.55. The van der Waals surface area contributed by atoms with Gasteiger partial charge in [-0.2, -0.15) is 0 Å². The molecule has 0 saturated heterocycles. The normalized spacial score (nSPS) is 12.4. The molecule has 0 spiro atoms. The summed E-state index contributed by atoms with van der Waals surface area (Å²) in [5.74, 6) is -1.69. The number of likely N-dealkylation sites (N-methyl/N-ethyl adjacent to an activating group) is 1. The number of carbonyl (C=O) groups excluding carboxylic acids is 4. The number of carbonyl (C=O) groups is 4. The van der Waals surface area contributed by atoms with E-state index in [0.29, 0.717) is 22.4 Å². The van der Waals surface area contributed by atoms with Crippen LogP contribution in [0.15, 0.2) is 72.8 Å². The van der Waals surface area contributed by atoms with Crippen molar-refractivity contribution >= 4 is 29.4 Å². The third kappa shape index (κ3) is 4.38. The second kappa shape index (κ2) is 9.58. The van der Waals surface area contributed by atoms with Crippen molar-refractivity contribution in [1.82, 2.24) is 4.90 Å². The minimum absolute atomic E-state index is 0.0215. The summed E-state index contributed by atoms with van der Waals surface area (Å²) in [6.45, 7) is -0.484. The molecule has 4 rings (SSSR count). The van der Waals surface area contributed by atoms with E-state index >= 15 is 0 Å². The maximum absolute atomic E-state index is 12.8. The zero-order valence-corrected chi connectivity index (χ0v) is 18.7. The van der Waals surface area contributed by atoms with E-state index in [9.17, 15) is 19.2 Å². The van der Waals surface area contributed by atoms with E-state index in [4.69, 9.17) is 9.47 Å². The third-order valence-electron chi connectivity index (χ3n) is 5.55. The molecule has 34 heavy (non-hydrogen) atoms. The van der Waals surface area contributed by atoms with Gasteiger partial charge in [0.1, 0.15) is 11.3 Å². The van der Waals surface area contributed by atoms with E-state index in [1.54, 1.807) is 67.7 Å². The van der Waals surface area contributed by atoms with E-state index in [-0.39, 0.29) is 17.9 Å². The van der Waals surface area contributed by atoms with E-state index < -0.39 is 30.3 Å². The Hall–Kier alpha value is -4.46. The number of nitrogens with zero attached hydrogens (tertiary/aromatic N) is 2. The number of ether oxygens (including phenoxy) is 2. The van der Waals surface area contributed by atoms with E-state index in [1.165, 1.54) is 18.1 Å². The Morgan fingerprint density at radius 2 is 1.50 bits per heavy atom. The Labute approximate surface area is 196 Å². The molecule has 0 aromatic heterocycles. The minimum Gasteiger partial charge on any atom is -0.496 e. The molecule has 0 N–H and O–H groups in total. The summed E-state index contributed by atoms with van der Waals surface area (Å²) in [4.78, 5) is 53.0. The quantitative estimate of drug-likeness (QED) is 0.398. The van der Waals surface area contributed by atoms with Gasteiger partial charge < -0.3 is 14.4 Å². The summed E-state index contributed by atoms with van der Waals surface area (Å²) in [7, 11) is 3.00. The lowest BCUT2D eigenvalue weighted by molar-refractivity contribution is -0.121. The van der Waals surface area contributed by atoms with Crippen molar-refractivity contribution in [3.63, 3.8) is 0 Å². The Morgan fingerprint density at radius 3 is 2.12 bits per heavy atom. The van der Waals surface area contributed by atoms with Gasteiger partial charge in [0.25, 0.3) is 17.7 Å². The zero-order chi connectivity index (χ0) is 24.2. The van der Waals surface area contributed by atoms with Crippen molar-refractivity contribution in [2.75, 3.05) is 25.7 Å². The molecule has 172 valence electrons. The van der Waals surface area contributed by atoms with E-state index in [0.717, 1.165) is 4.90 Å². The van der Waals surface area contributed by atoms with Gasteiger partial charge in [-0.3, -0.25) is 19.3 Å². The predicted octanol–water partition coefficient (Wildman–Crippen LogP) is 3.31. The Kier molecular flexibility index (Phi) is 6.40. The predicted molar refractivity (Wildman–Crippen MR) is 124 cm³/mol. The number of para-hydroxylation sites is 1. The summed E-state index contributed by atoms with van der Waals surface area (Å²) in [5, 5.41) is 0. The molecular weight excluding hydrogens is 436 g/mol. The Balaban J connectivity index is 1.47. The first-order valence-corrected chi connectivity index (χ1v) is 10.5. The smallest absolute Gasteiger partial charge is 0.342 e. The molecule has 3 aromatic carbocycles. The SMILES string of the molecule is COc1ccc(CN2C(=O)c3ccccc3C2=O)cc1C(=O)OCC(=O)N(C)c1ccccc1. The number of anilines is 1. The first kappa shape index (κ1) is 22.7. The topological polar surface area (TPSA) is 93.2 Å². The Bertz CT molecular complexity index is 1240. The summed E-state index contributed by atoms with van der Waals surface area (Å²) in [5.41, 5.74) is 1.99. The van der Waals surface area contributed by atoms with E-state index in [2.05, 4.69) is 0 Å². The fourth-order valence-corrected chi connectivity index (χ4v) is 3.68. The van der Waals surface area contributed by atoms with Gasteiger partial charge in [0, 0.05) is 12.7 Å². The Morgan fingerprint density at radius 1 is 0.882 bits per heavy atom. The highest BCUT2D eigenvalue weighted by atomic mass is 16.5. The van der Waals surface area contributed by atoms with Crippen molar-refractivity contribution in [1.29, 1.82) is 0 Å². The average Bonchev–Trinajstić information content (AvgIpc) is 3.12. The van der Waals surface area contributed by atoms with Crippen molar-refractivity contribution < 1.29 is 28.7 Å². The number of rotatable bonds is 7. The molecule has 3 amide bonds. The second-order valence-corrected chi connectivity index (χ2v) is 7.64. The van der Waals surface area contributed by atoms with Crippen LogP contribution in [0.2, 0.25) is 0 Å². The number of fused-ring (bicyclic) bond motifs is 1. The molecule has 0 saturated carbocycles. The first-order valence-electron chi connectivity index (χ1n) is 10.5. The van der Waals surface area contributed by atoms with Crippen LogP contribution in [0.5, 0.6) is 5.75 Å². The number of amides is 3. The summed E-state index contributed by atoms with van der Waals surface area (Å²) in [6, 6.07) is 20.3. The van der Waals surface area contributed by atoms with E-state index in [1.807, 2.05) is 6.07 Å². The van der Waals surface area contributed by atoms with Crippen molar-refractivity contribution in [2.45, 2.75) is 6.54 Å². The fraction of sp³-hybridized carbons (Fsp3) is 0.154. The molecule has 8 nitrogen and oxygen atoms in total. The highest BCUT2D eigenvalue weighted by molar-refractivity contribution is 6.21. The van der Waals surface area contributed by atoms with Gasteiger partial charge in [-0.1, -0.05) is 36.4 Å². The van der Waals surface area contributed by atoms with Crippen LogP contribution >= 0.6 is 0 Å². The lowest BCUT2D eigenvalue weighted by Crippen LogP contribution is -2.31. The fourth-order valence-electron chi connectivity index (χ4n) is 3.68. The van der Waals surface area contributed by atoms with Crippen molar-refractivity contribution in [2.24, 2.45) is 0 Å². The zero-order valence-electron chi connectivity index (χ0n) is 18.7. The molecule has 1 heterocycles.